The highest BCUT2D eigenvalue weighted by atomic mass is 19.1. The molecule has 1 aromatic carbocycles. The van der Waals surface area contributed by atoms with E-state index in [1.165, 1.54) is 6.07 Å². The number of nitrogens with zero attached hydrogens (tertiary/aromatic N) is 1. The monoisotopic (exact) mass is 310 g/mol. The number of amides is 1. The summed E-state index contributed by atoms with van der Waals surface area (Å²) in [6, 6.07) is 6.56. The highest BCUT2D eigenvalue weighted by Crippen LogP contribution is 2.11. The topological polar surface area (TPSA) is 50.8 Å². The molecule has 0 aromatic heterocycles. The number of halogens is 1. The maximum atomic E-state index is 13.6. The maximum absolute atomic E-state index is 13.6. The number of hydrogen-bond acceptors (Lipinski definition) is 4. The van der Waals surface area contributed by atoms with Crippen LogP contribution in [-0.2, 0) is 20.8 Å². The van der Waals surface area contributed by atoms with Crippen molar-refractivity contribution < 1.29 is 18.7 Å². The van der Waals surface area contributed by atoms with Crippen molar-refractivity contribution in [2.24, 2.45) is 0 Å². The minimum Gasteiger partial charge on any atom is -0.379 e. The molecule has 6 heteroatoms. The van der Waals surface area contributed by atoms with Crippen LogP contribution in [0.15, 0.2) is 24.3 Å². The van der Waals surface area contributed by atoms with Gasteiger partial charge in [-0.25, -0.2) is 4.39 Å². The average molecular weight is 310 g/mol. The molecule has 1 saturated heterocycles. The van der Waals surface area contributed by atoms with E-state index in [2.05, 4.69) is 5.32 Å². The highest BCUT2D eigenvalue weighted by Gasteiger charge is 2.27. The van der Waals surface area contributed by atoms with Gasteiger partial charge in [-0.15, -0.1) is 0 Å². The normalized spacial score (nSPS) is 21.8. The van der Waals surface area contributed by atoms with Crippen LogP contribution in [-0.4, -0.2) is 56.9 Å². The molecule has 0 radical (unpaired) electrons. The highest BCUT2D eigenvalue weighted by molar-refractivity contribution is 5.78. The van der Waals surface area contributed by atoms with Crippen molar-refractivity contribution in [2.45, 2.75) is 25.1 Å². The fourth-order valence-electron chi connectivity index (χ4n) is 2.58. The summed E-state index contributed by atoms with van der Waals surface area (Å²) in [7, 11) is 3.41. The van der Waals surface area contributed by atoms with E-state index in [4.69, 9.17) is 9.47 Å². The van der Waals surface area contributed by atoms with Gasteiger partial charge in [0.2, 0.25) is 5.91 Å². The van der Waals surface area contributed by atoms with Crippen molar-refractivity contribution in [3.05, 3.63) is 35.6 Å². The lowest BCUT2D eigenvalue weighted by Crippen LogP contribution is -2.51. The quantitative estimate of drug-likeness (QED) is 0.857. The molecule has 2 atom stereocenters. The zero-order valence-corrected chi connectivity index (χ0v) is 13.0. The van der Waals surface area contributed by atoms with Crippen molar-refractivity contribution >= 4 is 5.91 Å². The second-order valence-corrected chi connectivity index (χ2v) is 5.58. The van der Waals surface area contributed by atoms with Gasteiger partial charge in [-0.1, -0.05) is 18.2 Å². The standard InChI is InChI=1S/C16H23FN2O3/c1-19(9-12-5-3-4-6-13(12)17)10-16(20)18-14-7-8-22-11-15(14)21-2/h3-6,14-15H,7-11H2,1-2H3,(H,18,20)/t14-,15-/m1/s1. The Kier molecular flexibility index (Phi) is 6.30. The van der Waals surface area contributed by atoms with Crippen LogP contribution < -0.4 is 5.32 Å². The number of carbonyl (C=O) groups is 1. The first-order chi connectivity index (χ1) is 10.6. The van der Waals surface area contributed by atoms with Gasteiger partial charge in [-0.3, -0.25) is 9.69 Å². The number of methoxy groups -OCH3 is 1. The van der Waals surface area contributed by atoms with Crippen LogP contribution in [0.2, 0.25) is 0 Å². The molecule has 1 N–H and O–H groups in total. The summed E-state index contributed by atoms with van der Waals surface area (Å²) in [4.78, 5) is 13.9. The van der Waals surface area contributed by atoms with Gasteiger partial charge in [0, 0.05) is 25.8 Å². The summed E-state index contributed by atoms with van der Waals surface area (Å²) < 4.78 is 24.2. The first kappa shape index (κ1) is 16.9. The van der Waals surface area contributed by atoms with Crippen molar-refractivity contribution in [1.82, 2.24) is 10.2 Å². The summed E-state index contributed by atoms with van der Waals surface area (Å²) in [6.45, 7) is 1.71. The van der Waals surface area contributed by atoms with Gasteiger partial charge in [0.1, 0.15) is 11.9 Å². The third kappa shape index (κ3) is 4.76. The molecule has 1 fully saturated rings. The van der Waals surface area contributed by atoms with Gasteiger partial charge in [-0.2, -0.15) is 0 Å². The molecule has 22 heavy (non-hydrogen) atoms. The predicted molar refractivity (Wildman–Crippen MR) is 80.9 cm³/mol. The molecule has 1 heterocycles. The molecule has 1 amide bonds. The number of hydrogen-bond donors (Lipinski definition) is 1. The zero-order valence-electron chi connectivity index (χ0n) is 13.0. The van der Waals surface area contributed by atoms with Gasteiger partial charge in [0.25, 0.3) is 0 Å². The summed E-state index contributed by atoms with van der Waals surface area (Å²) >= 11 is 0. The molecular weight excluding hydrogens is 287 g/mol. The second-order valence-electron chi connectivity index (χ2n) is 5.58. The average Bonchev–Trinajstić information content (AvgIpc) is 2.50. The lowest BCUT2D eigenvalue weighted by atomic mass is 10.1. The molecule has 0 aliphatic carbocycles. The molecule has 5 nitrogen and oxygen atoms in total. The van der Waals surface area contributed by atoms with Crippen LogP contribution in [0.1, 0.15) is 12.0 Å². The van der Waals surface area contributed by atoms with Gasteiger partial charge >= 0.3 is 0 Å². The first-order valence-electron chi connectivity index (χ1n) is 7.42. The van der Waals surface area contributed by atoms with Crippen LogP contribution >= 0.6 is 0 Å². The second kappa shape index (κ2) is 8.22. The Labute approximate surface area is 130 Å². The molecule has 1 aliphatic rings. The SMILES string of the molecule is CO[C@@H]1COCC[C@H]1NC(=O)CN(C)Cc1ccccc1F. The van der Waals surface area contributed by atoms with Crippen LogP contribution in [0.4, 0.5) is 4.39 Å². The summed E-state index contributed by atoms with van der Waals surface area (Å²) in [5.74, 6) is -0.341. The molecule has 0 spiro atoms. The number of carbonyl (C=O) groups excluding carboxylic acids is 1. The number of likely N-dealkylation sites (N-methyl/N-ethyl adjacent to an activating group) is 1. The maximum Gasteiger partial charge on any atom is 0.234 e. The van der Waals surface area contributed by atoms with E-state index in [0.29, 0.717) is 25.3 Å². The van der Waals surface area contributed by atoms with E-state index >= 15 is 0 Å². The molecule has 1 aliphatic heterocycles. The summed E-state index contributed by atoms with van der Waals surface area (Å²) in [5, 5.41) is 2.97. The Morgan fingerprint density at radius 3 is 3.00 bits per heavy atom. The predicted octanol–water partition coefficient (Wildman–Crippen LogP) is 1.18. The van der Waals surface area contributed by atoms with Crippen molar-refractivity contribution in [2.75, 3.05) is 33.9 Å². The minimum absolute atomic E-state index is 0.0342. The van der Waals surface area contributed by atoms with Gasteiger partial charge in [0.15, 0.2) is 0 Å². The molecule has 0 saturated carbocycles. The van der Waals surface area contributed by atoms with Gasteiger partial charge < -0.3 is 14.8 Å². The Balaban J connectivity index is 1.82. The van der Waals surface area contributed by atoms with E-state index in [1.54, 1.807) is 37.3 Å². The van der Waals surface area contributed by atoms with Crippen LogP contribution in [0, 0.1) is 5.82 Å². The Morgan fingerprint density at radius 1 is 1.50 bits per heavy atom. The molecule has 122 valence electrons. The molecule has 0 unspecified atom stereocenters. The largest absolute Gasteiger partial charge is 0.379 e. The number of rotatable bonds is 6. The summed E-state index contributed by atoms with van der Waals surface area (Å²) in [5.41, 5.74) is 0.582. The lowest BCUT2D eigenvalue weighted by molar-refractivity contribution is -0.126. The first-order valence-corrected chi connectivity index (χ1v) is 7.42. The van der Waals surface area contributed by atoms with E-state index in [1.807, 2.05) is 0 Å². The van der Waals surface area contributed by atoms with Gasteiger partial charge in [0.05, 0.1) is 19.2 Å². The van der Waals surface area contributed by atoms with E-state index in [-0.39, 0.29) is 30.4 Å². The van der Waals surface area contributed by atoms with Crippen molar-refractivity contribution in [3.8, 4) is 0 Å². The fourth-order valence-corrected chi connectivity index (χ4v) is 2.58. The van der Waals surface area contributed by atoms with Crippen molar-refractivity contribution in [3.63, 3.8) is 0 Å². The van der Waals surface area contributed by atoms with Gasteiger partial charge in [-0.05, 0) is 19.5 Å². The smallest absolute Gasteiger partial charge is 0.234 e. The molecule has 1 aromatic rings. The van der Waals surface area contributed by atoms with E-state index in [0.717, 1.165) is 6.42 Å². The van der Waals surface area contributed by atoms with Crippen LogP contribution in [0.3, 0.4) is 0 Å². The minimum atomic E-state index is -0.251. The number of ether oxygens (including phenoxy) is 2. The molecule has 0 bridgehead atoms. The lowest BCUT2D eigenvalue weighted by Gasteiger charge is -2.31. The summed E-state index contributed by atoms with van der Waals surface area (Å²) in [6.07, 6.45) is 0.621. The van der Waals surface area contributed by atoms with Crippen LogP contribution in [0.5, 0.6) is 0 Å². The van der Waals surface area contributed by atoms with E-state index < -0.39 is 0 Å². The molecule has 2 rings (SSSR count). The fraction of sp³-hybridized carbons (Fsp3) is 0.562. The number of benzene rings is 1. The third-order valence-corrected chi connectivity index (χ3v) is 3.76. The zero-order chi connectivity index (χ0) is 15.9. The van der Waals surface area contributed by atoms with Crippen LogP contribution in [0.25, 0.3) is 0 Å². The Bertz CT molecular complexity index is 498. The van der Waals surface area contributed by atoms with E-state index in [9.17, 15) is 9.18 Å². The number of nitrogens with one attached hydrogen (secondary N) is 1. The molecular formula is C16H23FN2O3. The van der Waals surface area contributed by atoms with Crippen molar-refractivity contribution in [1.29, 1.82) is 0 Å². The Morgan fingerprint density at radius 2 is 2.27 bits per heavy atom. The Hall–Kier alpha value is -1.50. The third-order valence-electron chi connectivity index (χ3n) is 3.76.